The summed E-state index contributed by atoms with van der Waals surface area (Å²) in [5, 5.41) is 0. The highest BCUT2D eigenvalue weighted by atomic mass is 14.9. The molecule has 0 amide bonds. The third-order valence-corrected chi connectivity index (χ3v) is 2.09. The fourth-order valence-electron chi connectivity index (χ4n) is 1.28. The lowest BCUT2D eigenvalue weighted by Crippen LogP contribution is -1.94. The van der Waals surface area contributed by atoms with Crippen LogP contribution in [0.3, 0.4) is 0 Å². The Morgan fingerprint density at radius 3 is 2.39 bits per heavy atom. The quantitative estimate of drug-likeness (QED) is 0.681. The Morgan fingerprint density at radius 1 is 1.00 bits per heavy atom. The topological polar surface area (TPSA) is 80.5 Å². The molecule has 0 saturated heterocycles. The van der Waals surface area contributed by atoms with Gasteiger partial charge < -0.3 is 10.7 Å². The predicted molar refractivity (Wildman–Crippen MR) is 70.5 cm³/mol. The Balaban J connectivity index is 0.000000202. The number of hydrogen-bond donors (Lipinski definition) is 2. The van der Waals surface area contributed by atoms with Crippen LogP contribution in [0.25, 0.3) is 11.4 Å². The lowest BCUT2D eigenvalue weighted by atomic mass is 10.3. The van der Waals surface area contributed by atoms with Gasteiger partial charge in [0.2, 0.25) is 0 Å². The van der Waals surface area contributed by atoms with Crippen LogP contribution < -0.4 is 5.73 Å². The summed E-state index contributed by atoms with van der Waals surface area (Å²) >= 11 is 0. The van der Waals surface area contributed by atoms with Crippen molar-refractivity contribution in [3.05, 3.63) is 61.3 Å². The number of aromatic nitrogens is 4. The van der Waals surface area contributed by atoms with Crippen LogP contribution in [0, 0.1) is 0 Å². The fraction of sp³-hybridized carbons (Fsp3) is 0. The first-order chi connectivity index (χ1) is 8.86. The van der Waals surface area contributed by atoms with Gasteiger partial charge in [0.1, 0.15) is 5.82 Å². The van der Waals surface area contributed by atoms with Crippen molar-refractivity contribution in [3.63, 3.8) is 0 Å². The Hall–Kier alpha value is -2.69. The highest BCUT2D eigenvalue weighted by molar-refractivity contribution is 5.54. The molecular formula is C13H13N5. The smallest absolute Gasteiger partial charge is 0.163 e. The molecule has 5 nitrogen and oxygen atoms in total. The number of nitrogen functional groups attached to an aromatic ring is 1. The van der Waals surface area contributed by atoms with Crippen LogP contribution in [-0.2, 0) is 0 Å². The molecule has 3 rings (SSSR count). The first-order valence-corrected chi connectivity index (χ1v) is 5.43. The molecule has 0 atom stereocenters. The van der Waals surface area contributed by atoms with Crippen molar-refractivity contribution in [2.24, 2.45) is 0 Å². The summed E-state index contributed by atoms with van der Waals surface area (Å²) in [4.78, 5) is 15.0. The van der Waals surface area contributed by atoms with E-state index >= 15 is 0 Å². The van der Waals surface area contributed by atoms with E-state index < -0.39 is 0 Å². The summed E-state index contributed by atoms with van der Waals surface area (Å²) in [6.45, 7) is 0. The second-order valence-electron chi connectivity index (χ2n) is 3.43. The SMILES string of the molecule is Nc1ccnc(-c2cccnc2)n1.c1cc[nH]c1. The number of aromatic amines is 1. The standard InChI is InChI=1S/C9H8N4.C4H5N/c10-8-3-5-12-9(13-8)7-2-1-4-11-6-7;1-2-4-5-3-1/h1-6H,(H2,10,12,13);1-5H. The second kappa shape index (κ2) is 6.15. The summed E-state index contributed by atoms with van der Waals surface area (Å²) in [5.41, 5.74) is 6.39. The van der Waals surface area contributed by atoms with E-state index in [0.717, 1.165) is 5.56 Å². The van der Waals surface area contributed by atoms with Gasteiger partial charge in [0.25, 0.3) is 0 Å². The molecule has 5 heteroatoms. The van der Waals surface area contributed by atoms with Gasteiger partial charge in [-0.05, 0) is 30.3 Å². The normalized spacial score (nSPS) is 9.33. The molecule has 3 N–H and O–H groups in total. The van der Waals surface area contributed by atoms with E-state index in [-0.39, 0.29) is 0 Å². The summed E-state index contributed by atoms with van der Waals surface area (Å²) < 4.78 is 0. The van der Waals surface area contributed by atoms with Crippen LogP contribution >= 0.6 is 0 Å². The zero-order chi connectivity index (χ0) is 12.6. The fourth-order valence-corrected chi connectivity index (χ4v) is 1.28. The van der Waals surface area contributed by atoms with Crippen molar-refractivity contribution in [3.8, 4) is 11.4 Å². The number of rotatable bonds is 1. The van der Waals surface area contributed by atoms with E-state index in [9.17, 15) is 0 Å². The molecule has 18 heavy (non-hydrogen) atoms. The highest BCUT2D eigenvalue weighted by Gasteiger charge is 1.99. The van der Waals surface area contributed by atoms with E-state index in [2.05, 4.69) is 19.9 Å². The van der Waals surface area contributed by atoms with Crippen LogP contribution in [0.4, 0.5) is 5.82 Å². The molecule has 0 unspecified atom stereocenters. The number of H-pyrrole nitrogens is 1. The number of nitrogens with one attached hydrogen (secondary N) is 1. The zero-order valence-electron chi connectivity index (χ0n) is 9.69. The Labute approximate surface area is 105 Å². The van der Waals surface area contributed by atoms with Crippen molar-refractivity contribution >= 4 is 5.82 Å². The number of nitrogens with two attached hydrogens (primary N) is 1. The van der Waals surface area contributed by atoms with E-state index in [1.807, 2.05) is 36.7 Å². The molecule has 0 spiro atoms. The van der Waals surface area contributed by atoms with Crippen LogP contribution in [-0.4, -0.2) is 19.9 Å². The molecule has 0 radical (unpaired) electrons. The zero-order valence-corrected chi connectivity index (χ0v) is 9.69. The Morgan fingerprint density at radius 2 is 1.83 bits per heavy atom. The monoisotopic (exact) mass is 239 g/mol. The van der Waals surface area contributed by atoms with Gasteiger partial charge >= 0.3 is 0 Å². The van der Waals surface area contributed by atoms with Gasteiger partial charge in [-0.1, -0.05) is 0 Å². The number of pyridine rings is 1. The van der Waals surface area contributed by atoms with Crippen LogP contribution in [0.15, 0.2) is 61.3 Å². The van der Waals surface area contributed by atoms with Gasteiger partial charge in [0, 0.05) is 36.5 Å². The van der Waals surface area contributed by atoms with Gasteiger partial charge in [-0.3, -0.25) is 4.98 Å². The number of hydrogen-bond acceptors (Lipinski definition) is 4. The number of anilines is 1. The van der Waals surface area contributed by atoms with E-state index in [0.29, 0.717) is 11.6 Å². The molecule has 0 fully saturated rings. The van der Waals surface area contributed by atoms with Gasteiger partial charge in [-0.2, -0.15) is 0 Å². The lowest BCUT2D eigenvalue weighted by molar-refractivity contribution is 1.17. The molecule has 90 valence electrons. The Bertz CT molecular complexity index is 546. The average Bonchev–Trinajstić information content (AvgIpc) is 2.99. The molecule has 0 aliphatic rings. The largest absolute Gasteiger partial charge is 0.384 e. The van der Waals surface area contributed by atoms with E-state index in [4.69, 9.17) is 5.73 Å². The predicted octanol–water partition coefficient (Wildman–Crippen LogP) is 2.14. The lowest BCUT2D eigenvalue weighted by Gasteiger charge is -1.98. The van der Waals surface area contributed by atoms with Crippen LogP contribution in [0.1, 0.15) is 0 Å². The summed E-state index contributed by atoms with van der Waals surface area (Å²) in [6.07, 6.45) is 8.79. The molecular weight excluding hydrogens is 226 g/mol. The number of nitrogens with zero attached hydrogens (tertiary/aromatic N) is 3. The third-order valence-electron chi connectivity index (χ3n) is 2.09. The van der Waals surface area contributed by atoms with E-state index in [1.54, 1.807) is 24.7 Å². The summed E-state index contributed by atoms with van der Waals surface area (Å²) in [5.74, 6) is 1.07. The van der Waals surface area contributed by atoms with Crippen molar-refractivity contribution in [1.82, 2.24) is 19.9 Å². The average molecular weight is 239 g/mol. The molecule has 3 aromatic rings. The van der Waals surface area contributed by atoms with Crippen molar-refractivity contribution in [2.45, 2.75) is 0 Å². The maximum Gasteiger partial charge on any atom is 0.163 e. The minimum atomic E-state index is 0.467. The highest BCUT2D eigenvalue weighted by Crippen LogP contribution is 2.12. The van der Waals surface area contributed by atoms with Gasteiger partial charge in [-0.25, -0.2) is 9.97 Å². The van der Waals surface area contributed by atoms with Crippen LogP contribution in [0.5, 0.6) is 0 Å². The van der Waals surface area contributed by atoms with Gasteiger partial charge in [0.05, 0.1) is 0 Å². The van der Waals surface area contributed by atoms with E-state index in [1.165, 1.54) is 0 Å². The summed E-state index contributed by atoms with van der Waals surface area (Å²) in [6, 6.07) is 9.27. The maximum absolute atomic E-state index is 5.52. The van der Waals surface area contributed by atoms with Crippen LogP contribution in [0.2, 0.25) is 0 Å². The molecule has 0 bridgehead atoms. The molecule has 3 aromatic heterocycles. The molecule has 0 aliphatic heterocycles. The van der Waals surface area contributed by atoms with Crippen molar-refractivity contribution < 1.29 is 0 Å². The maximum atomic E-state index is 5.52. The first kappa shape index (κ1) is 11.8. The van der Waals surface area contributed by atoms with Crippen molar-refractivity contribution in [1.29, 1.82) is 0 Å². The third kappa shape index (κ3) is 3.41. The van der Waals surface area contributed by atoms with Gasteiger partial charge in [0.15, 0.2) is 5.82 Å². The molecule has 0 aromatic carbocycles. The molecule has 3 heterocycles. The molecule has 0 aliphatic carbocycles. The van der Waals surface area contributed by atoms with Gasteiger partial charge in [-0.15, -0.1) is 0 Å². The minimum Gasteiger partial charge on any atom is -0.384 e. The Kier molecular flexibility index (Phi) is 4.02. The second-order valence-corrected chi connectivity index (χ2v) is 3.43. The minimum absolute atomic E-state index is 0.467. The summed E-state index contributed by atoms with van der Waals surface area (Å²) in [7, 11) is 0. The first-order valence-electron chi connectivity index (χ1n) is 5.43. The molecule has 0 saturated carbocycles. The van der Waals surface area contributed by atoms with Crippen molar-refractivity contribution in [2.75, 3.05) is 5.73 Å².